The van der Waals surface area contributed by atoms with E-state index in [-0.39, 0.29) is 0 Å². The summed E-state index contributed by atoms with van der Waals surface area (Å²) in [4.78, 5) is 0. The van der Waals surface area contributed by atoms with Gasteiger partial charge in [0, 0.05) is 12.5 Å². The first kappa shape index (κ1) is 11.6. The van der Waals surface area contributed by atoms with Gasteiger partial charge in [0.2, 0.25) is 0 Å². The summed E-state index contributed by atoms with van der Waals surface area (Å²) in [6, 6.07) is 0.669. The van der Waals surface area contributed by atoms with Gasteiger partial charge in [-0.15, -0.1) is 10.2 Å². The van der Waals surface area contributed by atoms with Gasteiger partial charge in [0.25, 0.3) is 0 Å². The lowest BCUT2D eigenvalue weighted by Gasteiger charge is -2.16. The third-order valence-corrected chi connectivity index (χ3v) is 3.20. The minimum absolute atomic E-state index is 0.543. The molecular weight excluding hydrogens is 200 g/mol. The largest absolute Gasteiger partial charge is 0.330 e. The maximum atomic E-state index is 5.82. The van der Waals surface area contributed by atoms with Crippen LogP contribution in [0.15, 0.2) is 6.33 Å². The second-order valence-electron chi connectivity index (χ2n) is 5.32. The molecule has 1 saturated carbocycles. The van der Waals surface area contributed by atoms with Gasteiger partial charge in [-0.25, -0.2) is 0 Å². The van der Waals surface area contributed by atoms with Crippen molar-refractivity contribution in [3.63, 3.8) is 0 Å². The summed E-state index contributed by atoms with van der Waals surface area (Å²) in [7, 11) is 0. The van der Waals surface area contributed by atoms with Gasteiger partial charge in [0.05, 0.1) is 0 Å². The van der Waals surface area contributed by atoms with Gasteiger partial charge in [-0.2, -0.15) is 0 Å². The fourth-order valence-electron chi connectivity index (χ4n) is 2.26. The van der Waals surface area contributed by atoms with E-state index in [4.69, 9.17) is 5.73 Å². The first-order chi connectivity index (χ1) is 7.70. The Morgan fingerprint density at radius 1 is 1.50 bits per heavy atom. The van der Waals surface area contributed by atoms with Gasteiger partial charge in [0.1, 0.15) is 12.2 Å². The van der Waals surface area contributed by atoms with E-state index in [1.54, 1.807) is 0 Å². The number of hydrogen-bond donors (Lipinski definition) is 1. The Balaban J connectivity index is 1.97. The Bertz CT molecular complexity index is 328. The first-order valence-electron chi connectivity index (χ1n) is 6.29. The molecule has 16 heavy (non-hydrogen) atoms. The van der Waals surface area contributed by atoms with Crippen LogP contribution in [0.1, 0.15) is 45.0 Å². The zero-order chi connectivity index (χ0) is 11.5. The Kier molecular flexibility index (Phi) is 3.59. The molecule has 0 aliphatic heterocycles. The summed E-state index contributed by atoms with van der Waals surface area (Å²) in [5.41, 5.74) is 5.82. The molecule has 2 N–H and O–H groups in total. The van der Waals surface area contributed by atoms with Crippen LogP contribution < -0.4 is 5.73 Å². The smallest absolute Gasteiger partial charge is 0.133 e. The third kappa shape index (κ3) is 2.82. The molecule has 4 heteroatoms. The Morgan fingerprint density at radius 3 is 2.81 bits per heavy atom. The minimum Gasteiger partial charge on any atom is -0.330 e. The second kappa shape index (κ2) is 4.95. The highest BCUT2D eigenvalue weighted by atomic mass is 15.3. The Hall–Kier alpha value is -0.900. The van der Waals surface area contributed by atoms with Crippen molar-refractivity contribution in [3.8, 4) is 0 Å². The molecule has 1 aromatic rings. The van der Waals surface area contributed by atoms with Crippen molar-refractivity contribution >= 4 is 0 Å². The quantitative estimate of drug-likeness (QED) is 0.798. The van der Waals surface area contributed by atoms with Crippen molar-refractivity contribution < 1.29 is 0 Å². The molecule has 1 aliphatic rings. The molecule has 1 aromatic heterocycles. The van der Waals surface area contributed by atoms with E-state index in [0.717, 1.165) is 18.8 Å². The molecule has 90 valence electrons. The SMILES string of the molecule is CC(C)CC(CN)Cc1nncn1C1CC1. The Morgan fingerprint density at radius 2 is 2.25 bits per heavy atom. The molecule has 1 heterocycles. The predicted octanol–water partition coefficient (Wildman–Crippen LogP) is 1.78. The average molecular weight is 222 g/mol. The van der Waals surface area contributed by atoms with E-state index < -0.39 is 0 Å². The number of hydrogen-bond acceptors (Lipinski definition) is 3. The van der Waals surface area contributed by atoms with E-state index in [1.807, 2.05) is 6.33 Å². The lowest BCUT2D eigenvalue weighted by atomic mass is 9.94. The van der Waals surface area contributed by atoms with Crippen LogP contribution in [0.3, 0.4) is 0 Å². The van der Waals surface area contributed by atoms with E-state index in [1.165, 1.54) is 19.3 Å². The van der Waals surface area contributed by atoms with E-state index in [2.05, 4.69) is 28.6 Å². The molecule has 0 spiro atoms. The molecule has 1 fully saturated rings. The molecule has 0 radical (unpaired) electrons. The van der Waals surface area contributed by atoms with E-state index >= 15 is 0 Å². The van der Waals surface area contributed by atoms with Gasteiger partial charge >= 0.3 is 0 Å². The molecule has 1 unspecified atom stereocenters. The molecule has 0 bridgehead atoms. The molecule has 1 aliphatic carbocycles. The number of nitrogens with zero attached hydrogens (tertiary/aromatic N) is 3. The van der Waals surface area contributed by atoms with Crippen molar-refractivity contribution in [2.75, 3.05) is 6.54 Å². The zero-order valence-electron chi connectivity index (χ0n) is 10.3. The number of rotatable bonds is 6. The van der Waals surface area contributed by atoms with E-state index in [9.17, 15) is 0 Å². The van der Waals surface area contributed by atoms with Crippen molar-refractivity contribution in [2.45, 2.75) is 45.6 Å². The standard InChI is InChI=1S/C12H22N4/c1-9(2)5-10(7-13)6-12-15-14-8-16(12)11-3-4-11/h8-11H,3-7,13H2,1-2H3. The Labute approximate surface area is 97.2 Å². The fraction of sp³-hybridized carbons (Fsp3) is 0.833. The van der Waals surface area contributed by atoms with Crippen LogP contribution in [0.25, 0.3) is 0 Å². The van der Waals surface area contributed by atoms with Gasteiger partial charge in [-0.3, -0.25) is 0 Å². The maximum absolute atomic E-state index is 5.82. The van der Waals surface area contributed by atoms with Crippen molar-refractivity contribution in [1.82, 2.24) is 14.8 Å². The van der Waals surface area contributed by atoms with Crippen molar-refractivity contribution in [2.24, 2.45) is 17.6 Å². The molecule has 0 aromatic carbocycles. The molecule has 0 amide bonds. The van der Waals surface area contributed by atoms with Crippen LogP contribution in [-0.2, 0) is 6.42 Å². The van der Waals surface area contributed by atoms with Crippen molar-refractivity contribution in [3.05, 3.63) is 12.2 Å². The van der Waals surface area contributed by atoms with Crippen LogP contribution in [0.4, 0.5) is 0 Å². The van der Waals surface area contributed by atoms with Gasteiger partial charge in [0.15, 0.2) is 0 Å². The topological polar surface area (TPSA) is 56.7 Å². The van der Waals surface area contributed by atoms with Gasteiger partial charge in [-0.1, -0.05) is 13.8 Å². The minimum atomic E-state index is 0.543. The van der Waals surface area contributed by atoms with Crippen LogP contribution in [0.5, 0.6) is 0 Å². The summed E-state index contributed by atoms with van der Waals surface area (Å²) in [6.07, 6.45) is 6.58. The highest BCUT2D eigenvalue weighted by Crippen LogP contribution is 2.35. The number of nitrogens with two attached hydrogens (primary N) is 1. The highest BCUT2D eigenvalue weighted by Gasteiger charge is 2.26. The summed E-state index contributed by atoms with van der Waals surface area (Å²) in [6.45, 7) is 5.23. The molecular formula is C12H22N4. The second-order valence-corrected chi connectivity index (χ2v) is 5.32. The molecule has 0 saturated heterocycles. The van der Waals surface area contributed by atoms with Crippen LogP contribution in [-0.4, -0.2) is 21.3 Å². The van der Waals surface area contributed by atoms with Crippen molar-refractivity contribution in [1.29, 1.82) is 0 Å². The fourth-order valence-corrected chi connectivity index (χ4v) is 2.26. The van der Waals surface area contributed by atoms with Gasteiger partial charge < -0.3 is 10.3 Å². The maximum Gasteiger partial charge on any atom is 0.133 e. The molecule has 2 rings (SSSR count). The monoisotopic (exact) mass is 222 g/mol. The van der Waals surface area contributed by atoms with Crippen LogP contribution in [0.2, 0.25) is 0 Å². The average Bonchev–Trinajstić information content (AvgIpc) is 2.98. The lowest BCUT2D eigenvalue weighted by molar-refractivity contribution is 0.402. The van der Waals surface area contributed by atoms with Crippen LogP contribution in [0, 0.1) is 11.8 Å². The van der Waals surface area contributed by atoms with Gasteiger partial charge in [-0.05, 0) is 37.6 Å². The highest BCUT2D eigenvalue weighted by molar-refractivity contribution is 4.96. The summed E-state index contributed by atoms with van der Waals surface area (Å²) in [5.74, 6) is 2.37. The molecule has 1 atom stereocenters. The first-order valence-corrected chi connectivity index (χ1v) is 6.29. The zero-order valence-corrected chi connectivity index (χ0v) is 10.3. The number of aromatic nitrogens is 3. The normalized spacial score (nSPS) is 18.0. The lowest BCUT2D eigenvalue weighted by Crippen LogP contribution is -2.20. The summed E-state index contributed by atoms with van der Waals surface area (Å²) >= 11 is 0. The summed E-state index contributed by atoms with van der Waals surface area (Å²) < 4.78 is 2.24. The van der Waals surface area contributed by atoms with E-state index in [0.29, 0.717) is 17.9 Å². The predicted molar refractivity (Wildman–Crippen MR) is 64.0 cm³/mol. The summed E-state index contributed by atoms with van der Waals surface area (Å²) in [5, 5.41) is 8.25. The van der Waals surface area contributed by atoms with Crippen LogP contribution >= 0.6 is 0 Å². The third-order valence-electron chi connectivity index (χ3n) is 3.20. The molecule has 4 nitrogen and oxygen atoms in total.